The van der Waals surface area contributed by atoms with Crippen molar-refractivity contribution in [1.82, 2.24) is 0 Å². The van der Waals surface area contributed by atoms with Crippen LogP contribution in [0.25, 0.3) is 0 Å². The van der Waals surface area contributed by atoms with Crippen LogP contribution in [0.4, 0.5) is 0 Å². The first-order chi connectivity index (χ1) is 6.09. The SMILES string of the molecule is CC1(C)O[C@H]2CCCC[C@@H]2C[C@@H]1I. The van der Waals surface area contributed by atoms with E-state index in [1.165, 1.54) is 32.1 Å². The van der Waals surface area contributed by atoms with Crippen LogP contribution in [0.2, 0.25) is 0 Å². The van der Waals surface area contributed by atoms with E-state index in [0.29, 0.717) is 10.0 Å². The standard InChI is InChI=1S/C11H19IO/c1-11(2)10(12)7-8-5-3-4-6-9(8)13-11/h8-10H,3-7H2,1-2H3/t8-,9+,10+/m1/s1. The quantitative estimate of drug-likeness (QED) is 0.490. The van der Waals surface area contributed by atoms with Crippen LogP contribution in [0, 0.1) is 5.92 Å². The minimum atomic E-state index is 0.110. The van der Waals surface area contributed by atoms with Crippen LogP contribution in [0.3, 0.4) is 0 Å². The highest BCUT2D eigenvalue weighted by atomic mass is 127. The van der Waals surface area contributed by atoms with Gasteiger partial charge in [0, 0.05) is 3.92 Å². The number of hydrogen-bond donors (Lipinski definition) is 0. The molecule has 0 aromatic rings. The zero-order chi connectivity index (χ0) is 9.47. The Hall–Kier alpha value is 0.690. The molecule has 2 heteroatoms. The predicted octanol–water partition coefficient (Wildman–Crippen LogP) is 3.55. The molecule has 0 bridgehead atoms. The molecule has 1 nitrogen and oxygen atoms in total. The van der Waals surface area contributed by atoms with Crippen LogP contribution in [0.5, 0.6) is 0 Å². The second-order valence-electron chi connectivity index (χ2n) is 5.01. The van der Waals surface area contributed by atoms with Crippen molar-refractivity contribution < 1.29 is 4.74 Å². The highest BCUT2D eigenvalue weighted by Gasteiger charge is 2.42. The van der Waals surface area contributed by atoms with E-state index < -0.39 is 0 Å². The number of fused-ring (bicyclic) bond motifs is 1. The van der Waals surface area contributed by atoms with Gasteiger partial charge >= 0.3 is 0 Å². The highest BCUT2D eigenvalue weighted by molar-refractivity contribution is 14.1. The maximum absolute atomic E-state index is 6.18. The van der Waals surface area contributed by atoms with E-state index in [2.05, 4.69) is 36.4 Å². The molecule has 0 aromatic carbocycles. The van der Waals surface area contributed by atoms with Gasteiger partial charge in [-0.3, -0.25) is 0 Å². The Morgan fingerprint density at radius 1 is 1.23 bits per heavy atom. The summed E-state index contributed by atoms with van der Waals surface area (Å²) in [7, 11) is 0. The second-order valence-corrected chi connectivity index (χ2v) is 6.51. The molecule has 2 aliphatic rings. The number of rotatable bonds is 0. The predicted molar refractivity (Wildman–Crippen MR) is 63.3 cm³/mol. The third-order valence-electron chi connectivity index (χ3n) is 3.56. The van der Waals surface area contributed by atoms with Gasteiger partial charge in [0.15, 0.2) is 0 Å². The lowest BCUT2D eigenvalue weighted by Crippen LogP contribution is -2.49. The van der Waals surface area contributed by atoms with Gasteiger partial charge in [-0.05, 0) is 39.0 Å². The van der Waals surface area contributed by atoms with Crippen LogP contribution in [0.15, 0.2) is 0 Å². The van der Waals surface area contributed by atoms with Crippen molar-refractivity contribution in [3.05, 3.63) is 0 Å². The number of halogens is 1. The summed E-state index contributed by atoms with van der Waals surface area (Å²) in [5.74, 6) is 0.865. The van der Waals surface area contributed by atoms with Gasteiger partial charge < -0.3 is 4.74 Å². The van der Waals surface area contributed by atoms with Gasteiger partial charge in [0.25, 0.3) is 0 Å². The molecular weight excluding hydrogens is 275 g/mol. The Kier molecular flexibility index (Phi) is 2.90. The van der Waals surface area contributed by atoms with E-state index >= 15 is 0 Å². The van der Waals surface area contributed by atoms with E-state index in [0.717, 1.165) is 5.92 Å². The summed E-state index contributed by atoms with van der Waals surface area (Å²) < 4.78 is 6.88. The average molecular weight is 294 g/mol. The Bertz CT molecular complexity index is 191. The topological polar surface area (TPSA) is 9.23 Å². The lowest BCUT2D eigenvalue weighted by Gasteiger charge is -2.46. The zero-order valence-electron chi connectivity index (χ0n) is 8.55. The maximum Gasteiger partial charge on any atom is 0.0747 e. The lowest BCUT2D eigenvalue weighted by atomic mass is 9.78. The van der Waals surface area contributed by atoms with Gasteiger partial charge in [0.05, 0.1) is 11.7 Å². The Balaban J connectivity index is 2.05. The molecule has 0 radical (unpaired) electrons. The molecule has 3 atom stereocenters. The fourth-order valence-corrected chi connectivity index (χ4v) is 3.41. The molecule has 0 amide bonds. The summed E-state index contributed by atoms with van der Waals surface area (Å²) in [6, 6.07) is 0. The molecule has 0 unspecified atom stereocenters. The molecule has 0 spiro atoms. The summed E-state index contributed by atoms with van der Waals surface area (Å²) in [6.07, 6.45) is 7.46. The number of alkyl halides is 1. The molecule has 1 aliphatic heterocycles. The fraction of sp³-hybridized carbons (Fsp3) is 1.00. The van der Waals surface area contributed by atoms with Crippen LogP contribution >= 0.6 is 22.6 Å². The number of ether oxygens (including phenoxy) is 1. The summed E-state index contributed by atoms with van der Waals surface area (Å²) in [5.41, 5.74) is 0.110. The van der Waals surface area contributed by atoms with E-state index in [1.54, 1.807) is 0 Å². The molecular formula is C11H19IO. The molecule has 0 N–H and O–H groups in total. The third-order valence-corrected chi connectivity index (χ3v) is 5.57. The first-order valence-corrected chi connectivity index (χ1v) is 6.66. The van der Waals surface area contributed by atoms with E-state index in [9.17, 15) is 0 Å². The molecule has 1 saturated carbocycles. The highest BCUT2D eigenvalue weighted by Crippen LogP contribution is 2.42. The van der Waals surface area contributed by atoms with Crippen molar-refractivity contribution in [2.45, 2.75) is 61.6 Å². The van der Waals surface area contributed by atoms with Crippen molar-refractivity contribution in [3.8, 4) is 0 Å². The molecule has 13 heavy (non-hydrogen) atoms. The number of hydrogen-bond acceptors (Lipinski definition) is 1. The zero-order valence-corrected chi connectivity index (χ0v) is 10.7. The van der Waals surface area contributed by atoms with Gasteiger partial charge in [0.1, 0.15) is 0 Å². The van der Waals surface area contributed by atoms with Gasteiger partial charge in [-0.2, -0.15) is 0 Å². The normalized spacial score (nSPS) is 44.1. The summed E-state index contributed by atoms with van der Waals surface area (Å²) in [5, 5.41) is 0. The van der Waals surface area contributed by atoms with Crippen LogP contribution in [-0.4, -0.2) is 15.6 Å². The minimum Gasteiger partial charge on any atom is -0.371 e. The first-order valence-electron chi connectivity index (χ1n) is 5.41. The maximum atomic E-state index is 6.18. The van der Waals surface area contributed by atoms with Gasteiger partial charge in [-0.15, -0.1) is 0 Å². The Labute approximate surface area is 94.8 Å². The Morgan fingerprint density at radius 2 is 1.92 bits per heavy atom. The van der Waals surface area contributed by atoms with Crippen LogP contribution in [-0.2, 0) is 4.74 Å². The van der Waals surface area contributed by atoms with E-state index in [4.69, 9.17) is 4.74 Å². The smallest absolute Gasteiger partial charge is 0.0747 e. The molecule has 1 heterocycles. The van der Waals surface area contributed by atoms with Crippen molar-refractivity contribution >= 4 is 22.6 Å². The largest absolute Gasteiger partial charge is 0.371 e. The van der Waals surface area contributed by atoms with E-state index in [1.807, 2.05) is 0 Å². The monoisotopic (exact) mass is 294 g/mol. The molecule has 76 valence electrons. The first kappa shape index (κ1) is 10.2. The fourth-order valence-electron chi connectivity index (χ4n) is 2.61. The van der Waals surface area contributed by atoms with Crippen molar-refractivity contribution in [1.29, 1.82) is 0 Å². The molecule has 2 fully saturated rings. The average Bonchev–Trinajstić information content (AvgIpc) is 2.06. The van der Waals surface area contributed by atoms with E-state index in [-0.39, 0.29) is 5.60 Å². The molecule has 2 rings (SSSR count). The molecule has 1 aliphatic carbocycles. The second kappa shape index (κ2) is 3.69. The minimum absolute atomic E-state index is 0.110. The Morgan fingerprint density at radius 3 is 2.69 bits per heavy atom. The summed E-state index contributed by atoms with van der Waals surface area (Å²) >= 11 is 2.56. The van der Waals surface area contributed by atoms with Gasteiger partial charge in [0.2, 0.25) is 0 Å². The molecule has 0 aromatic heterocycles. The third kappa shape index (κ3) is 2.04. The van der Waals surface area contributed by atoms with Crippen LogP contribution in [0.1, 0.15) is 46.0 Å². The molecule has 1 saturated heterocycles. The van der Waals surface area contributed by atoms with Gasteiger partial charge in [-0.1, -0.05) is 35.4 Å². The van der Waals surface area contributed by atoms with Gasteiger partial charge in [-0.25, -0.2) is 0 Å². The van der Waals surface area contributed by atoms with Crippen molar-refractivity contribution in [2.75, 3.05) is 0 Å². The van der Waals surface area contributed by atoms with Crippen LogP contribution < -0.4 is 0 Å². The summed E-state index contributed by atoms with van der Waals surface area (Å²) in [4.78, 5) is 0. The lowest BCUT2D eigenvalue weighted by molar-refractivity contribution is -0.138. The van der Waals surface area contributed by atoms with Crippen molar-refractivity contribution in [2.24, 2.45) is 5.92 Å². The van der Waals surface area contributed by atoms with Crippen molar-refractivity contribution in [3.63, 3.8) is 0 Å². The summed E-state index contributed by atoms with van der Waals surface area (Å²) in [6.45, 7) is 4.49.